The maximum absolute atomic E-state index is 12.6. The first kappa shape index (κ1) is 27.0. The molecule has 2 rings (SSSR count). The molecule has 1 aliphatic rings. The summed E-state index contributed by atoms with van der Waals surface area (Å²) in [5.41, 5.74) is 5.36. The predicted octanol–water partition coefficient (Wildman–Crippen LogP) is -1.56. The van der Waals surface area contributed by atoms with Gasteiger partial charge in [-0.15, -0.1) is 11.3 Å². The van der Waals surface area contributed by atoms with Crippen molar-refractivity contribution < 1.29 is 36.9 Å². The van der Waals surface area contributed by atoms with Gasteiger partial charge in [-0.05, 0) is 19.4 Å². The van der Waals surface area contributed by atoms with Crippen LogP contribution in [0, 0.1) is 0 Å². The number of ether oxygens (including phenoxy) is 1. The van der Waals surface area contributed by atoms with Crippen molar-refractivity contribution in [2.24, 2.45) is 5.16 Å². The van der Waals surface area contributed by atoms with Gasteiger partial charge in [-0.2, -0.15) is 8.42 Å². The summed E-state index contributed by atoms with van der Waals surface area (Å²) in [6, 6.07) is -2.77. The van der Waals surface area contributed by atoms with E-state index in [1.807, 2.05) is 0 Å². The summed E-state index contributed by atoms with van der Waals surface area (Å²) in [5, 5.41) is 7.47. The van der Waals surface area contributed by atoms with Crippen LogP contribution in [0.5, 0.6) is 0 Å². The van der Waals surface area contributed by atoms with Crippen LogP contribution in [0.25, 0.3) is 0 Å². The maximum atomic E-state index is 12.6. The molecule has 1 aromatic heterocycles. The summed E-state index contributed by atoms with van der Waals surface area (Å²) in [6.07, 6.45) is 0.962. The van der Waals surface area contributed by atoms with E-state index in [0.717, 1.165) is 17.4 Å². The fourth-order valence-electron chi connectivity index (χ4n) is 2.67. The molecule has 0 bridgehead atoms. The van der Waals surface area contributed by atoms with Crippen molar-refractivity contribution in [2.45, 2.75) is 25.9 Å². The molecule has 2 atom stereocenters. The first-order valence-corrected chi connectivity index (χ1v) is 10.6. The first-order valence-electron chi connectivity index (χ1n) is 8.30. The van der Waals surface area contributed by atoms with E-state index in [0.29, 0.717) is 0 Å². The summed E-state index contributed by atoms with van der Waals surface area (Å²) >= 11 is 1.04. The number of aromatic nitrogens is 1. The number of carbonyl (C=O) groups excluding carboxylic acids is 3. The fraction of sp³-hybridized carbons (Fsp3) is 0.400. The summed E-state index contributed by atoms with van der Waals surface area (Å²) in [6.45, 7) is 2.99. The van der Waals surface area contributed by atoms with Crippen molar-refractivity contribution in [2.75, 3.05) is 19.5 Å². The van der Waals surface area contributed by atoms with Crippen molar-refractivity contribution in [3.8, 4) is 0 Å². The Morgan fingerprint density at radius 3 is 2.61 bits per heavy atom. The van der Waals surface area contributed by atoms with Crippen LogP contribution in [0.2, 0.25) is 0 Å². The number of nitrogens with zero attached hydrogens (tertiary/aromatic N) is 3. The number of hydrogen-bond acceptors (Lipinski definition) is 11. The van der Waals surface area contributed by atoms with E-state index >= 15 is 0 Å². The zero-order valence-electron chi connectivity index (χ0n) is 16.1. The Morgan fingerprint density at radius 2 is 2.13 bits per heavy atom. The molecule has 0 radical (unpaired) electrons. The molecule has 166 valence electrons. The number of rotatable bonds is 8. The first-order chi connectivity index (χ1) is 14.0. The van der Waals surface area contributed by atoms with Crippen molar-refractivity contribution in [3.63, 3.8) is 0 Å². The number of thiazole rings is 1. The number of nitrogens with two attached hydrogens (primary N) is 1. The third-order valence-corrected chi connectivity index (χ3v) is 5.43. The predicted molar refractivity (Wildman–Crippen MR) is 112 cm³/mol. The molecule has 1 aliphatic heterocycles. The minimum atomic E-state index is -4.95. The fourth-order valence-corrected chi connectivity index (χ4v) is 4.13. The van der Waals surface area contributed by atoms with Crippen LogP contribution < -0.4 is 11.1 Å². The molecule has 13 nitrogen and oxygen atoms in total. The van der Waals surface area contributed by atoms with Gasteiger partial charge in [0.2, 0.25) is 0 Å². The number of esters is 1. The number of hydrogen-bond donors (Lipinski definition) is 3. The van der Waals surface area contributed by atoms with Crippen LogP contribution >= 0.6 is 11.3 Å². The summed E-state index contributed by atoms with van der Waals surface area (Å²) in [4.78, 5) is 45.2. The van der Waals surface area contributed by atoms with E-state index in [-0.39, 0.29) is 62.6 Å². The Labute approximate surface area is 203 Å². The van der Waals surface area contributed by atoms with Gasteiger partial charge in [0.1, 0.15) is 24.9 Å². The molecular formula is C15H20N5NaO8S2. The normalized spacial score (nSPS) is 19.2. The zero-order valence-corrected chi connectivity index (χ0v) is 17.7. The average molecular weight is 485 g/mol. The number of nitrogens with one attached hydrogen (secondary N) is 1. The minimum absolute atomic E-state index is 0. The Morgan fingerprint density at radius 1 is 1.48 bits per heavy atom. The SMILES string of the molecule is CCOC(=O)C=C(C)C1C(NC(=O)C(=NOC)c2csc(N)n2)C(=O)N1S(=O)(=O)O.[NaH]. The monoisotopic (exact) mass is 485 g/mol. The summed E-state index contributed by atoms with van der Waals surface area (Å²) < 4.78 is 37.4. The van der Waals surface area contributed by atoms with Crippen molar-refractivity contribution in [1.29, 1.82) is 0 Å². The zero-order chi connectivity index (χ0) is 22.6. The summed E-state index contributed by atoms with van der Waals surface area (Å²) in [7, 11) is -3.76. The number of nitrogen functional groups attached to an aromatic ring is 1. The van der Waals surface area contributed by atoms with E-state index in [2.05, 4.69) is 20.3 Å². The Balaban J connectivity index is 0.00000480. The third-order valence-electron chi connectivity index (χ3n) is 3.85. The van der Waals surface area contributed by atoms with Gasteiger partial charge in [-0.25, -0.2) is 14.1 Å². The van der Waals surface area contributed by atoms with Gasteiger partial charge >= 0.3 is 45.8 Å². The van der Waals surface area contributed by atoms with Crippen LogP contribution in [-0.2, 0) is 34.3 Å². The second-order valence-corrected chi connectivity index (χ2v) is 8.02. The number of β-lactam (4-membered cyclic amide) rings is 1. The van der Waals surface area contributed by atoms with Crippen LogP contribution in [0.15, 0.2) is 22.2 Å². The van der Waals surface area contributed by atoms with Crippen LogP contribution in [0.4, 0.5) is 5.13 Å². The molecule has 2 amide bonds. The molecule has 2 unspecified atom stereocenters. The van der Waals surface area contributed by atoms with Gasteiger partial charge in [0.25, 0.3) is 11.8 Å². The van der Waals surface area contributed by atoms with Crippen molar-refractivity contribution in [1.82, 2.24) is 14.6 Å². The number of anilines is 1. The third kappa shape index (κ3) is 6.24. The van der Waals surface area contributed by atoms with E-state index in [1.54, 1.807) is 6.92 Å². The van der Waals surface area contributed by atoms with Gasteiger partial charge in [0.05, 0.1) is 6.61 Å². The van der Waals surface area contributed by atoms with Crippen LogP contribution in [0.1, 0.15) is 19.5 Å². The molecule has 0 aromatic carbocycles. The van der Waals surface area contributed by atoms with Gasteiger partial charge in [-0.3, -0.25) is 14.1 Å². The van der Waals surface area contributed by atoms with E-state index in [1.165, 1.54) is 19.4 Å². The topological polar surface area (TPSA) is 191 Å². The molecule has 1 saturated heterocycles. The number of amides is 2. The van der Waals surface area contributed by atoms with Crippen LogP contribution in [0.3, 0.4) is 0 Å². The second kappa shape index (κ2) is 11.0. The number of oxime groups is 1. The molecule has 4 N–H and O–H groups in total. The van der Waals surface area contributed by atoms with Gasteiger partial charge in [-0.1, -0.05) is 5.16 Å². The molecule has 0 saturated carbocycles. The summed E-state index contributed by atoms with van der Waals surface area (Å²) in [5.74, 6) is -2.80. The molecule has 0 aliphatic carbocycles. The second-order valence-electron chi connectivity index (χ2n) is 5.84. The molecule has 1 fully saturated rings. The molecule has 1 aromatic rings. The standard InChI is InChI=1S/C15H19N5O8S2.Na.H/c1-4-28-9(21)5-7(2)12-11(14(23)20(12)30(24,25)26)18-13(22)10(19-27-3)8-6-29-15(16)17-8;;/h5-6,11-12H,4H2,1-3H3,(H2,16,17)(H,18,22)(H,24,25,26);;. The molecule has 0 spiro atoms. The Bertz CT molecular complexity index is 1020. The molecular weight excluding hydrogens is 465 g/mol. The van der Waals surface area contributed by atoms with E-state index < -0.39 is 40.2 Å². The van der Waals surface area contributed by atoms with E-state index in [4.69, 9.17) is 10.5 Å². The average Bonchev–Trinajstić information content (AvgIpc) is 3.06. The molecule has 2 heterocycles. The van der Waals surface area contributed by atoms with Crippen molar-refractivity contribution in [3.05, 3.63) is 22.7 Å². The Kier molecular flexibility index (Phi) is 9.59. The van der Waals surface area contributed by atoms with Crippen molar-refractivity contribution >= 4 is 79.8 Å². The van der Waals surface area contributed by atoms with E-state index in [9.17, 15) is 27.4 Å². The molecule has 31 heavy (non-hydrogen) atoms. The van der Waals surface area contributed by atoms with Gasteiger partial charge in [0.15, 0.2) is 10.8 Å². The van der Waals surface area contributed by atoms with Gasteiger partial charge in [0, 0.05) is 11.5 Å². The Hall–Kier alpha value is -2.04. The number of carbonyl (C=O) groups is 3. The van der Waals surface area contributed by atoms with Crippen LogP contribution in [-0.4, -0.2) is 101 Å². The van der Waals surface area contributed by atoms with Gasteiger partial charge < -0.3 is 20.6 Å². The quantitative estimate of drug-likeness (QED) is 0.0738. The molecule has 16 heteroatoms.